The summed E-state index contributed by atoms with van der Waals surface area (Å²) in [6, 6.07) is 12.9. The third-order valence-electron chi connectivity index (χ3n) is 13.7. The van der Waals surface area contributed by atoms with Crippen molar-refractivity contribution in [2.45, 2.75) is 83.2 Å². The van der Waals surface area contributed by atoms with Gasteiger partial charge in [0.05, 0.1) is 35.1 Å². The summed E-state index contributed by atoms with van der Waals surface area (Å²) < 4.78 is 66.3. The van der Waals surface area contributed by atoms with E-state index in [1.54, 1.807) is 23.6 Å². The van der Waals surface area contributed by atoms with Crippen LogP contribution in [0.2, 0.25) is 0 Å². The molecule has 3 amide bonds. The number of carbonyl (C=O) groups is 3. The van der Waals surface area contributed by atoms with Crippen LogP contribution in [0.15, 0.2) is 59.7 Å². The van der Waals surface area contributed by atoms with E-state index in [2.05, 4.69) is 25.2 Å². The van der Waals surface area contributed by atoms with Gasteiger partial charge in [0.2, 0.25) is 17.7 Å². The molecule has 19 heteroatoms. The first-order valence-corrected chi connectivity index (χ1v) is 23.6. The predicted octanol–water partition coefficient (Wildman–Crippen LogP) is 5.45. The minimum atomic E-state index is -4.02. The van der Waals surface area contributed by atoms with E-state index in [9.17, 15) is 32.9 Å². The van der Waals surface area contributed by atoms with E-state index >= 15 is 8.78 Å². The Morgan fingerprint density at radius 3 is 2.45 bits per heavy atom. The number of aromatic nitrogens is 2. The lowest BCUT2D eigenvalue weighted by Gasteiger charge is -2.41. The van der Waals surface area contributed by atoms with Crippen LogP contribution in [-0.4, -0.2) is 102 Å². The number of nitriles is 1. The molecule has 0 radical (unpaired) electrons. The number of rotatable bonds is 13. The molecule has 3 N–H and O–H groups in total. The van der Waals surface area contributed by atoms with Gasteiger partial charge >= 0.3 is 10.2 Å². The zero-order valence-electron chi connectivity index (χ0n) is 36.4. The Morgan fingerprint density at radius 2 is 1.74 bits per heavy atom. The number of halogens is 2. The molecule has 1 spiro atoms. The number of likely N-dealkylation sites (tertiary alicyclic amines) is 2. The second-order valence-electron chi connectivity index (χ2n) is 17.8. The summed E-state index contributed by atoms with van der Waals surface area (Å²) in [5, 5.41) is 15.4. The maximum Gasteiger partial charge on any atom is 0.301 e. The van der Waals surface area contributed by atoms with Crippen LogP contribution in [0.1, 0.15) is 81.8 Å². The first-order chi connectivity index (χ1) is 31.1. The minimum Gasteiger partial charge on any atom is -0.453 e. The van der Waals surface area contributed by atoms with Crippen molar-refractivity contribution in [2.24, 2.45) is 11.3 Å². The number of ether oxygens (including phenoxy) is 1. The number of benzene rings is 3. The second kappa shape index (κ2) is 18.9. The van der Waals surface area contributed by atoms with Crippen LogP contribution in [0.5, 0.6) is 11.5 Å². The minimum absolute atomic E-state index is 0.0720. The molecule has 4 aromatic rings. The number of anilines is 2. The SMILES string of the molecule is CCN(C)S(=O)(=O)Nc1ccc(F)c(Oc2ccc3ncn(C[C@H]4CCC5(CCN(C(=O)CN6CCC(c7ccc(NC8CCC(=O)NC8=O)c(F)c7)CC6)CC5)C4)c(=O)c3c2)c1C#N. The van der Waals surface area contributed by atoms with Crippen molar-refractivity contribution >= 4 is 50.2 Å². The van der Waals surface area contributed by atoms with Crippen molar-refractivity contribution in [1.29, 1.82) is 5.26 Å². The summed E-state index contributed by atoms with van der Waals surface area (Å²) in [7, 11) is -2.65. The predicted molar refractivity (Wildman–Crippen MR) is 238 cm³/mol. The average Bonchev–Trinajstić information content (AvgIpc) is 3.68. The molecule has 4 aliphatic rings. The number of amides is 3. The van der Waals surface area contributed by atoms with Gasteiger partial charge < -0.3 is 15.0 Å². The van der Waals surface area contributed by atoms with Crippen LogP contribution in [0.4, 0.5) is 20.2 Å². The highest BCUT2D eigenvalue weighted by molar-refractivity contribution is 7.90. The van der Waals surface area contributed by atoms with Gasteiger partial charge in [0.1, 0.15) is 29.2 Å². The van der Waals surface area contributed by atoms with Gasteiger partial charge in [0, 0.05) is 39.6 Å². The largest absolute Gasteiger partial charge is 0.453 e. The molecule has 4 fully saturated rings. The van der Waals surface area contributed by atoms with E-state index in [1.165, 1.54) is 31.6 Å². The molecule has 16 nitrogen and oxygen atoms in total. The quantitative estimate of drug-likeness (QED) is 0.144. The van der Waals surface area contributed by atoms with Crippen LogP contribution in [0.3, 0.4) is 0 Å². The lowest BCUT2D eigenvalue weighted by atomic mass is 9.76. The van der Waals surface area contributed by atoms with Crippen molar-refractivity contribution in [3.63, 3.8) is 0 Å². The van der Waals surface area contributed by atoms with E-state index < -0.39 is 39.5 Å². The van der Waals surface area contributed by atoms with E-state index in [0.29, 0.717) is 38.1 Å². The van der Waals surface area contributed by atoms with Crippen molar-refractivity contribution in [3.05, 3.63) is 88.0 Å². The molecule has 1 aromatic heterocycles. The Hall–Kier alpha value is -5.97. The Morgan fingerprint density at radius 1 is 0.985 bits per heavy atom. The molecule has 3 aliphatic heterocycles. The molecule has 1 unspecified atom stereocenters. The maximum atomic E-state index is 15.1. The highest BCUT2D eigenvalue weighted by Crippen LogP contribution is 2.49. The Balaban J connectivity index is 0.824. The summed E-state index contributed by atoms with van der Waals surface area (Å²) in [5.74, 6) is -2.01. The molecule has 3 saturated heterocycles. The molecule has 1 aliphatic carbocycles. The van der Waals surface area contributed by atoms with Crippen molar-refractivity contribution in [3.8, 4) is 17.6 Å². The fraction of sp³-hybridized carbons (Fsp3) is 0.478. The topological polar surface area (TPSA) is 199 Å². The summed E-state index contributed by atoms with van der Waals surface area (Å²) in [6.45, 7) is 5.43. The highest BCUT2D eigenvalue weighted by atomic mass is 32.2. The second-order valence-corrected chi connectivity index (χ2v) is 19.6. The van der Waals surface area contributed by atoms with E-state index in [1.807, 2.05) is 17.0 Å². The molecule has 4 heterocycles. The smallest absolute Gasteiger partial charge is 0.301 e. The first kappa shape index (κ1) is 45.6. The van der Waals surface area contributed by atoms with Gasteiger partial charge in [0.15, 0.2) is 11.6 Å². The van der Waals surface area contributed by atoms with Crippen molar-refractivity contribution in [1.82, 2.24) is 29.0 Å². The number of hydrogen-bond acceptors (Lipinski definition) is 11. The summed E-state index contributed by atoms with van der Waals surface area (Å²) in [6.07, 6.45) is 8.30. The van der Waals surface area contributed by atoms with Gasteiger partial charge in [-0.15, -0.1) is 0 Å². The Bertz CT molecular complexity index is 2710. The molecule has 2 atom stereocenters. The number of hydrogen-bond donors (Lipinski definition) is 3. The van der Waals surface area contributed by atoms with Crippen LogP contribution in [0, 0.1) is 34.3 Å². The molecule has 65 heavy (non-hydrogen) atoms. The summed E-state index contributed by atoms with van der Waals surface area (Å²) in [4.78, 5) is 59.6. The molecule has 8 rings (SSSR count). The fourth-order valence-electron chi connectivity index (χ4n) is 9.77. The van der Waals surface area contributed by atoms with Gasteiger partial charge in [-0.05, 0) is 130 Å². The molecule has 3 aromatic carbocycles. The summed E-state index contributed by atoms with van der Waals surface area (Å²) in [5.41, 5.74) is 0.822. The Kier molecular flexibility index (Phi) is 13.2. The van der Waals surface area contributed by atoms with Crippen LogP contribution >= 0.6 is 0 Å². The maximum absolute atomic E-state index is 15.1. The lowest BCUT2D eigenvalue weighted by molar-refractivity contribution is -0.135. The van der Waals surface area contributed by atoms with E-state index in [-0.39, 0.29) is 75.7 Å². The van der Waals surface area contributed by atoms with Crippen LogP contribution in [0.25, 0.3) is 10.9 Å². The normalized spacial score (nSPS) is 20.5. The monoisotopic (exact) mass is 913 g/mol. The third-order valence-corrected chi connectivity index (χ3v) is 15.3. The number of nitrogens with zero attached hydrogens (tertiary/aromatic N) is 6. The van der Waals surface area contributed by atoms with E-state index in [0.717, 1.165) is 80.0 Å². The van der Waals surface area contributed by atoms with Gasteiger partial charge in [-0.2, -0.15) is 18.0 Å². The van der Waals surface area contributed by atoms with E-state index in [4.69, 9.17) is 4.74 Å². The van der Waals surface area contributed by atoms with Gasteiger partial charge in [-0.25, -0.2) is 13.8 Å². The highest BCUT2D eigenvalue weighted by Gasteiger charge is 2.42. The van der Waals surface area contributed by atoms with Gasteiger partial charge in [-0.1, -0.05) is 13.0 Å². The fourth-order valence-corrected chi connectivity index (χ4v) is 10.7. The number of imide groups is 1. The molecule has 344 valence electrons. The van der Waals surface area contributed by atoms with Gasteiger partial charge in [0.25, 0.3) is 5.56 Å². The van der Waals surface area contributed by atoms with Gasteiger partial charge in [-0.3, -0.25) is 38.7 Å². The zero-order valence-corrected chi connectivity index (χ0v) is 37.3. The molecule has 1 saturated carbocycles. The number of piperidine rings is 3. The van der Waals surface area contributed by atoms with Crippen molar-refractivity contribution < 1.29 is 36.3 Å². The number of nitrogens with one attached hydrogen (secondary N) is 3. The molecular formula is C46H53F2N9O7S. The summed E-state index contributed by atoms with van der Waals surface area (Å²) >= 11 is 0. The standard InChI is InChI=1S/C46H53F2N9O7S/c1-3-54(2)65(62,63)53-38-9-6-35(47)43(34(38)25-49)64-32-5-8-37-33(23-32)45(61)57(28-50-37)26-29-12-15-46(24-29)16-20-56(21-17-46)42(59)27-55-18-13-30(14-19-55)31-4-7-39(36(48)22-31)51-40-10-11-41(58)52-44(40)60/h4-9,22-23,28-30,40,51,53H,3,10-21,24,26-27H2,1-2H3,(H,52,58,60)/t29-,40?/m0/s1. The molecule has 0 bridgehead atoms. The van der Waals surface area contributed by atoms with Crippen molar-refractivity contribution in [2.75, 3.05) is 56.4 Å². The zero-order chi connectivity index (χ0) is 46.0. The lowest BCUT2D eigenvalue weighted by Crippen LogP contribution is -2.47. The average molecular weight is 914 g/mol. The first-order valence-electron chi connectivity index (χ1n) is 22.2. The number of carbonyl (C=O) groups excluding carboxylic acids is 3. The Labute approximate surface area is 376 Å². The van der Waals surface area contributed by atoms with Crippen LogP contribution < -0.4 is 25.7 Å². The molecular weight excluding hydrogens is 861 g/mol. The number of fused-ring (bicyclic) bond motifs is 1. The third kappa shape index (κ3) is 9.99. The van der Waals surface area contributed by atoms with Crippen LogP contribution in [-0.2, 0) is 31.1 Å².